The van der Waals surface area contributed by atoms with E-state index < -0.39 is 24.3 Å². The van der Waals surface area contributed by atoms with Gasteiger partial charge in [0.25, 0.3) is 0 Å². The van der Waals surface area contributed by atoms with Crippen molar-refractivity contribution in [2.24, 2.45) is 28.7 Å². The van der Waals surface area contributed by atoms with Crippen molar-refractivity contribution in [3.8, 4) is 0 Å². The largest absolute Gasteiger partial charge is 0.465 e. The predicted molar refractivity (Wildman–Crippen MR) is 233 cm³/mol. The summed E-state index contributed by atoms with van der Waals surface area (Å²) in [6.45, 7) is 8.87. The van der Waals surface area contributed by atoms with Crippen molar-refractivity contribution in [1.29, 1.82) is 0 Å². The second-order valence-corrected chi connectivity index (χ2v) is 18.2. The molecule has 9 rings (SSSR count). The van der Waals surface area contributed by atoms with E-state index in [0.717, 1.165) is 90.2 Å². The number of amidine groups is 1. The van der Waals surface area contributed by atoms with E-state index in [0.29, 0.717) is 19.0 Å². The molecule has 3 aliphatic carbocycles. The van der Waals surface area contributed by atoms with E-state index in [1.165, 1.54) is 7.11 Å². The van der Waals surface area contributed by atoms with Crippen molar-refractivity contribution in [2.45, 2.75) is 115 Å². The topological polar surface area (TPSA) is 200 Å². The number of H-pyrrole nitrogens is 1. The molecule has 8 aliphatic rings. The van der Waals surface area contributed by atoms with Crippen molar-refractivity contribution in [1.82, 2.24) is 35.7 Å². The number of carbonyl (C=O) groups excluding carboxylic acids is 3. The third kappa shape index (κ3) is 7.91. The van der Waals surface area contributed by atoms with Crippen molar-refractivity contribution < 1.29 is 38.5 Å². The molecule has 0 bridgehead atoms. The fraction of sp³-hybridized carbons (Fsp3) is 0.532. The Morgan fingerprint density at radius 2 is 1.84 bits per heavy atom. The number of hydrogen-bond donors (Lipinski definition) is 5. The molecule has 4 amide bonds. The van der Waals surface area contributed by atoms with Crippen LogP contribution < -0.4 is 16.0 Å². The minimum Gasteiger partial charge on any atom is -0.465 e. The number of alkyl carbamates (subject to hydrolysis) is 1. The maximum Gasteiger partial charge on any atom is 0.407 e. The molecule has 5 aliphatic heterocycles. The third-order valence-electron chi connectivity index (χ3n) is 14.1. The van der Waals surface area contributed by atoms with Gasteiger partial charge in [-0.3, -0.25) is 14.6 Å². The molecule has 1 aromatic heterocycles. The Morgan fingerprint density at radius 1 is 1.02 bits per heavy atom. The second kappa shape index (κ2) is 17.3. The summed E-state index contributed by atoms with van der Waals surface area (Å²) in [7, 11) is 1.29. The standard InChI is InChI=1S/C47H58N8O8/c1-6-30-12-16-37(55(30)45(57)40(52-46(58)59)28-8-7-17-62-22-28)43-49-34-14-11-26-19-33-31-13-10-27(18-29(31)23-63-38(33)20-32(26)41(34)51-43)35-21-48-42(50-35)36-15-9-25(4)54(36)44(56)39(24(2)3)53-47(60)61-5/h10-11,13-14,18-21,23-25,28,30-32,36-37,39-41,52H,6-9,12,15-17,22H2,1-5H3,(H,48,50)(H,49,51)(H,53,60)(H,58,59)/t25-,28-,30-,31?,32?,36-,37-,39-,40-,41?/m0/s1. The highest BCUT2D eigenvalue weighted by atomic mass is 16.5. The number of fused-ring (bicyclic) bond motifs is 6. The summed E-state index contributed by atoms with van der Waals surface area (Å²) in [6, 6.07) is -2.42. The first-order valence-electron chi connectivity index (χ1n) is 22.5. The lowest BCUT2D eigenvalue weighted by molar-refractivity contribution is -0.138. The fourth-order valence-electron chi connectivity index (χ4n) is 10.8. The van der Waals surface area contributed by atoms with Gasteiger partial charge in [-0.25, -0.2) is 14.6 Å². The van der Waals surface area contributed by atoms with Crippen molar-refractivity contribution >= 4 is 35.4 Å². The molecule has 3 unspecified atom stereocenters. The van der Waals surface area contributed by atoms with Gasteiger partial charge in [0, 0.05) is 47.7 Å². The number of likely N-dealkylation sites (tertiary alicyclic amines) is 2. The first-order valence-corrected chi connectivity index (χ1v) is 22.5. The number of aromatic nitrogens is 2. The number of nitrogens with one attached hydrogen (secondary N) is 4. The Hall–Kier alpha value is -5.90. The number of ether oxygens (including phenoxy) is 3. The van der Waals surface area contributed by atoms with Gasteiger partial charge in [0.05, 0.1) is 44.0 Å². The van der Waals surface area contributed by atoms with Crippen LogP contribution in [0.4, 0.5) is 9.59 Å². The van der Waals surface area contributed by atoms with Crippen LogP contribution in [0.15, 0.2) is 88.2 Å². The second-order valence-electron chi connectivity index (χ2n) is 18.2. The zero-order chi connectivity index (χ0) is 44.1. The van der Waals surface area contributed by atoms with Crippen LogP contribution >= 0.6 is 0 Å². The van der Waals surface area contributed by atoms with Gasteiger partial charge in [0.1, 0.15) is 35.5 Å². The lowest BCUT2D eigenvalue weighted by atomic mass is 9.75. The summed E-state index contributed by atoms with van der Waals surface area (Å²) in [6.07, 6.45) is 22.2. The smallest absolute Gasteiger partial charge is 0.407 e. The molecule has 1 aromatic rings. The van der Waals surface area contributed by atoms with Gasteiger partial charge in [-0.05, 0) is 92.7 Å². The predicted octanol–water partition coefficient (Wildman–Crippen LogP) is 5.79. The van der Waals surface area contributed by atoms with E-state index in [2.05, 4.69) is 70.4 Å². The number of nitrogens with zero attached hydrogens (tertiary/aromatic N) is 4. The Bertz CT molecular complexity index is 2290. The zero-order valence-electron chi connectivity index (χ0n) is 36.5. The number of carbonyl (C=O) groups is 4. The Labute approximate surface area is 367 Å². The maximum atomic E-state index is 14.4. The zero-order valence-corrected chi connectivity index (χ0v) is 36.5. The van der Waals surface area contributed by atoms with Gasteiger partial charge in [0.2, 0.25) is 11.8 Å². The van der Waals surface area contributed by atoms with E-state index in [1.54, 1.807) is 0 Å². The normalized spacial score (nSPS) is 30.3. The van der Waals surface area contributed by atoms with Crippen LogP contribution in [0.2, 0.25) is 0 Å². The molecule has 0 saturated carbocycles. The van der Waals surface area contributed by atoms with Gasteiger partial charge in [0.15, 0.2) is 0 Å². The molecule has 6 heterocycles. The minimum atomic E-state index is -1.21. The number of amides is 4. The van der Waals surface area contributed by atoms with Crippen molar-refractivity contribution in [3.05, 3.63) is 94.7 Å². The van der Waals surface area contributed by atoms with Crippen LogP contribution in [-0.2, 0) is 23.8 Å². The average molecular weight is 863 g/mol. The monoisotopic (exact) mass is 862 g/mol. The number of carboxylic acid groups (broad SMARTS) is 1. The Morgan fingerprint density at radius 3 is 2.59 bits per heavy atom. The van der Waals surface area contributed by atoms with E-state index in [4.69, 9.17) is 24.2 Å². The Balaban J connectivity index is 0.911. The molecule has 16 nitrogen and oxygen atoms in total. The molecule has 0 spiro atoms. The molecule has 334 valence electrons. The van der Waals surface area contributed by atoms with Crippen molar-refractivity contribution in [2.75, 3.05) is 20.3 Å². The number of methoxy groups -OCH3 is 1. The summed E-state index contributed by atoms with van der Waals surface area (Å²) in [5, 5.41) is 18.6. The number of allylic oxidation sites excluding steroid dienone is 9. The van der Waals surface area contributed by atoms with Crippen LogP contribution in [0, 0.1) is 23.7 Å². The van der Waals surface area contributed by atoms with Crippen molar-refractivity contribution in [3.63, 3.8) is 0 Å². The highest BCUT2D eigenvalue weighted by Gasteiger charge is 2.47. The maximum absolute atomic E-state index is 14.4. The van der Waals surface area contributed by atoms with Crippen LogP contribution in [0.25, 0.3) is 5.57 Å². The number of aliphatic imine (C=N–C) groups is 1. The first-order chi connectivity index (χ1) is 30.4. The summed E-state index contributed by atoms with van der Waals surface area (Å²) in [5.74, 6) is 1.43. The molecule has 3 fully saturated rings. The van der Waals surface area contributed by atoms with Gasteiger partial charge in [-0.2, -0.15) is 0 Å². The molecule has 5 N–H and O–H groups in total. The Kier molecular flexibility index (Phi) is 11.7. The molecule has 16 heteroatoms. The van der Waals surface area contributed by atoms with Crippen LogP contribution in [-0.4, -0.2) is 111 Å². The summed E-state index contributed by atoms with van der Waals surface area (Å²) in [5.41, 5.74) is 5.94. The van der Waals surface area contributed by atoms with Gasteiger partial charge < -0.3 is 50.1 Å². The lowest BCUT2D eigenvalue weighted by Gasteiger charge is -2.36. The molecule has 63 heavy (non-hydrogen) atoms. The molecule has 0 radical (unpaired) electrons. The summed E-state index contributed by atoms with van der Waals surface area (Å²) in [4.78, 5) is 69.6. The van der Waals surface area contributed by atoms with Gasteiger partial charge >= 0.3 is 12.2 Å². The first kappa shape index (κ1) is 42.4. The third-order valence-corrected chi connectivity index (χ3v) is 14.1. The van der Waals surface area contributed by atoms with Gasteiger partial charge in [-0.1, -0.05) is 45.1 Å². The molecular weight excluding hydrogens is 805 g/mol. The summed E-state index contributed by atoms with van der Waals surface area (Å²) >= 11 is 0. The van der Waals surface area contributed by atoms with E-state index in [-0.39, 0.29) is 65.7 Å². The van der Waals surface area contributed by atoms with E-state index in [1.807, 2.05) is 43.0 Å². The number of hydrogen-bond acceptors (Lipinski definition) is 10. The van der Waals surface area contributed by atoms with E-state index in [9.17, 15) is 24.3 Å². The van der Waals surface area contributed by atoms with Crippen LogP contribution in [0.3, 0.4) is 0 Å². The molecule has 0 aromatic carbocycles. The molecule has 10 atom stereocenters. The van der Waals surface area contributed by atoms with Gasteiger partial charge in [-0.15, -0.1) is 0 Å². The summed E-state index contributed by atoms with van der Waals surface area (Å²) < 4.78 is 16.9. The molecule has 3 saturated heterocycles. The minimum absolute atomic E-state index is 0.0193. The number of imidazole rings is 1. The number of rotatable bonds is 10. The number of aromatic amines is 1. The molecular formula is C47H58N8O8. The quantitative estimate of drug-likeness (QED) is 0.192. The highest BCUT2D eigenvalue weighted by molar-refractivity contribution is 5.97. The highest BCUT2D eigenvalue weighted by Crippen LogP contribution is 2.46. The average Bonchev–Trinajstić information content (AvgIpc) is 4.12. The SMILES string of the molecule is CC[C@H]1CC[C@@H](C2=NC3C(=CC=C4C=C5C(=CC43)OC=C3C=C(c4cnc([C@@H]6CC[C@H](C)N6C(=O)[C@@H](NC(=O)OC)C(C)C)[nH]4)C=CC35)N2)N1C(=O)[C@@H](NC(=O)O)[C@H]1CCCOC1. The van der Waals surface area contributed by atoms with Crippen LogP contribution in [0.5, 0.6) is 0 Å². The lowest BCUT2D eigenvalue weighted by Crippen LogP contribution is -2.58. The fourth-order valence-corrected chi connectivity index (χ4v) is 10.8. The van der Waals surface area contributed by atoms with E-state index >= 15 is 0 Å². The van der Waals surface area contributed by atoms with Crippen LogP contribution in [0.1, 0.15) is 90.2 Å².